The van der Waals surface area contributed by atoms with E-state index in [2.05, 4.69) is 79.9 Å². The first kappa shape index (κ1) is 72.9. The smallest absolute Gasteiger partial charge is 0.387 e. The van der Waals surface area contributed by atoms with Gasteiger partial charge in [0.05, 0.1) is 39.9 Å². The fourth-order valence-corrected chi connectivity index (χ4v) is 9.96. The molecule has 0 aromatic carbocycles. The molecule has 0 heterocycles. The maximum absolute atomic E-state index is 13.0. The average Bonchev–Trinajstić information content (AvgIpc) is 3.37. The van der Waals surface area contributed by atoms with Crippen molar-refractivity contribution in [3.05, 3.63) is 72.9 Å². The molecular weight excluding hydrogens is 948 g/mol. The van der Waals surface area contributed by atoms with Gasteiger partial charge in [-0.05, 0) is 70.6 Å². The Morgan fingerprint density at radius 1 is 0.467 bits per heavy atom. The summed E-state index contributed by atoms with van der Waals surface area (Å²) in [6.07, 6.45) is 78.8. The van der Waals surface area contributed by atoms with Crippen molar-refractivity contribution < 1.29 is 32.9 Å². The normalized spacial score (nSPS) is 14.3. The van der Waals surface area contributed by atoms with Gasteiger partial charge in [-0.25, -0.2) is 4.57 Å². The summed E-state index contributed by atoms with van der Waals surface area (Å²) >= 11 is 0. The Labute approximate surface area is 465 Å². The van der Waals surface area contributed by atoms with Gasteiger partial charge in [-0.3, -0.25) is 13.8 Å². The standard InChI is InChI=1S/C66H123N2O6P/c1-6-8-10-12-14-16-18-20-22-24-26-28-30-32-33-34-35-36-38-40-42-44-46-48-50-52-54-56-58-60-66(70)67-64(63-74-75(71,72)73-62-61-68(3,4)5)65(69)59-57-55-53-51-49-47-45-43-41-39-37-31-29-27-25-23-21-19-17-15-13-11-9-7-2/h8,10,14,16,20,22,26,28,49,51,57,59,64-65,69H,6-7,9,11-13,15,17-19,21,23-25,27,29-48,50,52-56,58,60-63H2,1-5H3,(H-,67,70,71,72)/p+1/b10-8-,16-14-,22-20-,28-26-,51-49+,59-57+. The second-order valence-electron chi connectivity index (χ2n) is 22.7. The van der Waals surface area contributed by atoms with Crippen molar-refractivity contribution in [1.29, 1.82) is 0 Å². The van der Waals surface area contributed by atoms with Gasteiger partial charge in [-0.2, -0.15) is 0 Å². The number of hydrogen-bond acceptors (Lipinski definition) is 5. The lowest BCUT2D eigenvalue weighted by molar-refractivity contribution is -0.870. The predicted molar refractivity (Wildman–Crippen MR) is 327 cm³/mol. The summed E-state index contributed by atoms with van der Waals surface area (Å²) in [7, 11) is 1.56. The van der Waals surface area contributed by atoms with Crippen LogP contribution in [0, 0.1) is 0 Å². The van der Waals surface area contributed by atoms with E-state index in [4.69, 9.17) is 9.05 Å². The van der Waals surface area contributed by atoms with Crippen LogP contribution in [-0.4, -0.2) is 73.4 Å². The molecule has 0 aromatic rings. The third-order valence-electron chi connectivity index (χ3n) is 14.2. The van der Waals surface area contributed by atoms with Crippen LogP contribution in [0.2, 0.25) is 0 Å². The molecule has 0 rings (SSSR count). The first-order valence-corrected chi connectivity index (χ1v) is 33.3. The van der Waals surface area contributed by atoms with Gasteiger partial charge in [-0.1, -0.05) is 286 Å². The van der Waals surface area contributed by atoms with Gasteiger partial charge < -0.3 is 19.8 Å². The minimum absolute atomic E-state index is 0.0550. The summed E-state index contributed by atoms with van der Waals surface area (Å²) in [6.45, 7) is 4.71. The number of likely N-dealkylation sites (N-methyl/N-ethyl adjacent to an activating group) is 1. The fraction of sp³-hybridized carbons (Fsp3) is 0.803. The van der Waals surface area contributed by atoms with Crippen LogP contribution in [-0.2, 0) is 18.4 Å². The maximum Gasteiger partial charge on any atom is 0.472 e. The first-order valence-electron chi connectivity index (χ1n) is 31.8. The molecule has 0 fully saturated rings. The number of amides is 1. The molecule has 0 aromatic heterocycles. The molecule has 3 unspecified atom stereocenters. The average molecular weight is 1070 g/mol. The molecule has 0 bridgehead atoms. The highest BCUT2D eigenvalue weighted by molar-refractivity contribution is 7.47. The topological polar surface area (TPSA) is 105 Å². The molecule has 3 N–H and O–H groups in total. The molecule has 0 spiro atoms. The Bertz CT molecular complexity index is 1450. The van der Waals surface area contributed by atoms with Crippen molar-refractivity contribution in [2.45, 2.75) is 302 Å². The van der Waals surface area contributed by atoms with Crippen LogP contribution < -0.4 is 5.32 Å². The number of hydrogen-bond donors (Lipinski definition) is 3. The Morgan fingerprint density at radius 2 is 0.813 bits per heavy atom. The Kier molecular flexibility index (Phi) is 55.1. The van der Waals surface area contributed by atoms with E-state index in [1.54, 1.807) is 6.08 Å². The molecule has 75 heavy (non-hydrogen) atoms. The number of nitrogens with one attached hydrogen (secondary N) is 1. The summed E-state index contributed by atoms with van der Waals surface area (Å²) in [6, 6.07) is -0.867. The number of quaternary nitrogens is 1. The number of carbonyl (C=O) groups excluding carboxylic acids is 1. The number of rotatable bonds is 58. The van der Waals surface area contributed by atoms with Crippen LogP contribution >= 0.6 is 7.82 Å². The minimum Gasteiger partial charge on any atom is -0.387 e. The van der Waals surface area contributed by atoms with E-state index in [1.807, 2.05) is 27.2 Å². The number of carbonyl (C=O) groups is 1. The van der Waals surface area contributed by atoms with Crippen LogP contribution in [0.4, 0.5) is 0 Å². The van der Waals surface area contributed by atoms with Gasteiger partial charge in [0.2, 0.25) is 5.91 Å². The SMILES string of the molecule is CC/C=C\C/C=C\C/C=C\C/C=C\CCCCCCCCCCCCCCCCCCC(=O)NC(COP(=O)(O)OCC[N+](C)(C)C)C(O)/C=C/CC/C=C/CCCCCCCCCCCCCCCCCCCC. The van der Waals surface area contributed by atoms with E-state index in [1.165, 1.54) is 205 Å². The summed E-state index contributed by atoms with van der Waals surface area (Å²) in [5, 5.41) is 14.0. The number of allylic oxidation sites excluding steroid dienone is 11. The highest BCUT2D eigenvalue weighted by atomic mass is 31.2. The molecule has 0 saturated heterocycles. The van der Waals surface area contributed by atoms with Crippen molar-refractivity contribution >= 4 is 13.7 Å². The lowest BCUT2D eigenvalue weighted by Crippen LogP contribution is -2.45. The summed E-state index contributed by atoms with van der Waals surface area (Å²) in [5.41, 5.74) is 0. The van der Waals surface area contributed by atoms with Crippen molar-refractivity contribution in [1.82, 2.24) is 5.32 Å². The van der Waals surface area contributed by atoms with Gasteiger partial charge in [0.25, 0.3) is 0 Å². The lowest BCUT2D eigenvalue weighted by Gasteiger charge is -2.25. The molecular formula is C66H124N2O6P+. The van der Waals surface area contributed by atoms with Crippen molar-refractivity contribution in [2.75, 3.05) is 40.9 Å². The highest BCUT2D eigenvalue weighted by Gasteiger charge is 2.27. The minimum atomic E-state index is -4.36. The first-order chi connectivity index (χ1) is 36.5. The molecule has 1 amide bonds. The van der Waals surface area contributed by atoms with Gasteiger partial charge in [0.1, 0.15) is 13.2 Å². The van der Waals surface area contributed by atoms with Gasteiger partial charge in [-0.15, -0.1) is 0 Å². The molecule has 0 saturated carbocycles. The second kappa shape index (κ2) is 56.7. The Hall–Kier alpha value is -2.06. The molecule has 8 nitrogen and oxygen atoms in total. The zero-order valence-corrected chi connectivity index (χ0v) is 50.9. The Morgan fingerprint density at radius 3 is 1.23 bits per heavy atom. The van der Waals surface area contributed by atoms with Gasteiger partial charge >= 0.3 is 7.82 Å². The molecule has 3 atom stereocenters. The molecule has 0 aliphatic rings. The number of nitrogens with zero attached hydrogens (tertiary/aromatic N) is 1. The van der Waals surface area contributed by atoms with E-state index in [0.29, 0.717) is 17.4 Å². The van der Waals surface area contributed by atoms with Crippen molar-refractivity contribution in [3.8, 4) is 0 Å². The molecule has 9 heteroatoms. The summed E-state index contributed by atoms with van der Waals surface area (Å²) in [4.78, 5) is 23.4. The largest absolute Gasteiger partial charge is 0.472 e. The predicted octanol–water partition coefficient (Wildman–Crippen LogP) is 19.8. The highest BCUT2D eigenvalue weighted by Crippen LogP contribution is 2.43. The van der Waals surface area contributed by atoms with Crippen LogP contribution in [0.15, 0.2) is 72.9 Å². The number of phosphoric ester groups is 1. The Balaban J connectivity index is 4.16. The monoisotopic (exact) mass is 1070 g/mol. The zero-order chi connectivity index (χ0) is 54.9. The maximum atomic E-state index is 13.0. The fourth-order valence-electron chi connectivity index (χ4n) is 9.23. The number of unbranched alkanes of at least 4 members (excludes halogenated alkanes) is 35. The zero-order valence-electron chi connectivity index (χ0n) is 50.0. The summed E-state index contributed by atoms with van der Waals surface area (Å²) < 4.78 is 23.8. The molecule has 0 aliphatic carbocycles. The number of aliphatic hydroxyl groups excluding tert-OH is 1. The third-order valence-corrected chi connectivity index (χ3v) is 15.1. The molecule has 0 aliphatic heterocycles. The van der Waals surface area contributed by atoms with Crippen LogP contribution in [0.3, 0.4) is 0 Å². The van der Waals surface area contributed by atoms with Crippen LogP contribution in [0.25, 0.3) is 0 Å². The van der Waals surface area contributed by atoms with E-state index >= 15 is 0 Å². The quantitative estimate of drug-likeness (QED) is 0.0243. The second-order valence-corrected chi connectivity index (χ2v) is 24.2. The van der Waals surface area contributed by atoms with Gasteiger partial charge in [0.15, 0.2) is 0 Å². The van der Waals surface area contributed by atoms with E-state index < -0.39 is 20.0 Å². The summed E-state index contributed by atoms with van der Waals surface area (Å²) in [5.74, 6) is -0.185. The number of phosphoric acid groups is 1. The van der Waals surface area contributed by atoms with Crippen LogP contribution in [0.5, 0.6) is 0 Å². The van der Waals surface area contributed by atoms with Crippen LogP contribution in [0.1, 0.15) is 290 Å². The van der Waals surface area contributed by atoms with Crippen molar-refractivity contribution in [2.24, 2.45) is 0 Å². The third kappa shape index (κ3) is 59.4. The lowest BCUT2D eigenvalue weighted by atomic mass is 10.0. The van der Waals surface area contributed by atoms with E-state index in [0.717, 1.165) is 64.2 Å². The van der Waals surface area contributed by atoms with Crippen molar-refractivity contribution in [3.63, 3.8) is 0 Å². The van der Waals surface area contributed by atoms with E-state index in [9.17, 15) is 19.4 Å². The van der Waals surface area contributed by atoms with Gasteiger partial charge in [0, 0.05) is 6.42 Å². The molecule has 438 valence electrons. The number of aliphatic hydroxyl groups is 1. The van der Waals surface area contributed by atoms with E-state index in [-0.39, 0.29) is 19.1 Å². The molecule has 0 radical (unpaired) electrons.